The molecule has 1 aromatic rings. The molecule has 0 saturated carbocycles. The number of hydrogen-bond donors (Lipinski definition) is 2. The molecule has 0 fully saturated rings. The molecule has 2 unspecified atom stereocenters. The van der Waals surface area contributed by atoms with E-state index in [1.54, 1.807) is 24.3 Å². The lowest BCUT2D eigenvalue weighted by molar-refractivity contribution is -0.124. The van der Waals surface area contributed by atoms with E-state index in [0.29, 0.717) is 17.4 Å². The van der Waals surface area contributed by atoms with E-state index in [2.05, 4.69) is 19.2 Å². The molecule has 18 heavy (non-hydrogen) atoms. The molecule has 0 bridgehead atoms. The number of nitrogens with two attached hydrogens (primary N) is 1. The minimum Gasteiger partial charge on any atom is -0.484 e. The number of rotatable bonds is 6. The van der Waals surface area contributed by atoms with Crippen LogP contribution in [-0.4, -0.2) is 18.6 Å². The van der Waals surface area contributed by atoms with Gasteiger partial charge in [-0.05, 0) is 37.1 Å². The van der Waals surface area contributed by atoms with Gasteiger partial charge < -0.3 is 15.8 Å². The lowest BCUT2D eigenvalue weighted by atomic mass is 10.0. The van der Waals surface area contributed by atoms with Crippen LogP contribution in [0.2, 0.25) is 0 Å². The van der Waals surface area contributed by atoms with Crippen LogP contribution in [0.5, 0.6) is 5.75 Å². The van der Waals surface area contributed by atoms with Crippen LogP contribution in [0.25, 0.3) is 0 Å². The van der Waals surface area contributed by atoms with Gasteiger partial charge in [0.2, 0.25) is 0 Å². The van der Waals surface area contributed by atoms with Gasteiger partial charge in [0, 0.05) is 11.7 Å². The molecule has 2 atom stereocenters. The maximum absolute atomic E-state index is 11.7. The number of ether oxygens (including phenoxy) is 1. The molecule has 4 nitrogen and oxygen atoms in total. The molecule has 0 spiro atoms. The summed E-state index contributed by atoms with van der Waals surface area (Å²) in [5.41, 5.74) is 6.24. The predicted octanol–water partition coefficient (Wildman–Crippen LogP) is 2.20. The Morgan fingerprint density at radius 1 is 1.33 bits per heavy atom. The smallest absolute Gasteiger partial charge is 0.258 e. The van der Waals surface area contributed by atoms with Crippen molar-refractivity contribution in [3.8, 4) is 5.75 Å². The van der Waals surface area contributed by atoms with E-state index in [4.69, 9.17) is 10.5 Å². The summed E-state index contributed by atoms with van der Waals surface area (Å²) < 4.78 is 5.37. The van der Waals surface area contributed by atoms with Gasteiger partial charge in [0.1, 0.15) is 5.75 Å². The highest BCUT2D eigenvalue weighted by atomic mass is 16.5. The average Bonchev–Trinajstić information content (AvgIpc) is 2.37. The van der Waals surface area contributed by atoms with Crippen molar-refractivity contribution < 1.29 is 9.53 Å². The minimum absolute atomic E-state index is 0.0324. The van der Waals surface area contributed by atoms with E-state index in [1.807, 2.05) is 6.92 Å². The second-order valence-corrected chi connectivity index (χ2v) is 4.60. The number of anilines is 1. The third-order valence-electron chi connectivity index (χ3n) is 3.14. The molecule has 1 aromatic carbocycles. The summed E-state index contributed by atoms with van der Waals surface area (Å²) in [5.74, 6) is 1.01. The zero-order valence-electron chi connectivity index (χ0n) is 11.3. The Labute approximate surface area is 109 Å². The number of benzene rings is 1. The first-order valence-electron chi connectivity index (χ1n) is 6.30. The highest BCUT2D eigenvalue weighted by Gasteiger charge is 2.13. The second kappa shape index (κ2) is 6.89. The highest BCUT2D eigenvalue weighted by Crippen LogP contribution is 2.13. The first-order chi connectivity index (χ1) is 8.52. The lowest BCUT2D eigenvalue weighted by Gasteiger charge is -2.19. The number of nitrogens with one attached hydrogen (secondary N) is 1. The molecular formula is C14H22N2O2. The summed E-state index contributed by atoms with van der Waals surface area (Å²) in [4.78, 5) is 11.7. The number of amides is 1. The van der Waals surface area contributed by atoms with Crippen molar-refractivity contribution in [3.05, 3.63) is 24.3 Å². The van der Waals surface area contributed by atoms with Crippen LogP contribution >= 0.6 is 0 Å². The molecule has 3 N–H and O–H groups in total. The van der Waals surface area contributed by atoms with Gasteiger partial charge in [-0.25, -0.2) is 0 Å². The van der Waals surface area contributed by atoms with Crippen molar-refractivity contribution in [2.24, 2.45) is 5.92 Å². The van der Waals surface area contributed by atoms with E-state index < -0.39 is 0 Å². The SMILES string of the molecule is CCC(C)C(C)NC(=O)COc1ccc(N)cc1. The van der Waals surface area contributed by atoms with Crippen molar-refractivity contribution in [2.45, 2.75) is 33.2 Å². The first-order valence-corrected chi connectivity index (χ1v) is 6.30. The summed E-state index contributed by atoms with van der Waals surface area (Å²) >= 11 is 0. The van der Waals surface area contributed by atoms with E-state index >= 15 is 0 Å². The topological polar surface area (TPSA) is 64.3 Å². The summed E-state index contributed by atoms with van der Waals surface area (Å²) in [6, 6.07) is 7.16. The first kappa shape index (κ1) is 14.4. The molecule has 100 valence electrons. The van der Waals surface area contributed by atoms with Crippen molar-refractivity contribution in [3.63, 3.8) is 0 Å². The summed E-state index contributed by atoms with van der Waals surface area (Å²) in [5, 5.41) is 2.92. The van der Waals surface area contributed by atoms with Crippen molar-refractivity contribution >= 4 is 11.6 Å². The maximum atomic E-state index is 11.7. The van der Waals surface area contributed by atoms with Gasteiger partial charge in [0.25, 0.3) is 5.91 Å². The largest absolute Gasteiger partial charge is 0.484 e. The monoisotopic (exact) mass is 250 g/mol. The molecule has 0 aliphatic heterocycles. The Hall–Kier alpha value is -1.71. The fourth-order valence-electron chi connectivity index (χ4n) is 1.50. The van der Waals surface area contributed by atoms with Crippen LogP contribution in [0.4, 0.5) is 5.69 Å². The number of nitrogen functional groups attached to an aromatic ring is 1. The fraction of sp³-hybridized carbons (Fsp3) is 0.500. The van der Waals surface area contributed by atoms with E-state index in [-0.39, 0.29) is 18.6 Å². The molecule has 1 rings (SSSR count). The van der Waals surface area contributed by atoms with Gasteiger partial charge >= 0.3 is 0 Å². The zero-order valence-corrected chi connectivity index (χ0v) is 11.3. The van der Waals surface area contributed by atoms with Gasteiger partial charge in [-0.15, -0.1) is 0 Å². The van der Waals surface area contributed by atoms with Gasteiger partial charge in [-0.2, -0.15) is 0 Å². The Morgan fingerprint density at radius 2 is 1.94 bits per heavy atom. The normalized spacial score (nSPS) is 13.7. The third kappa shape index (κ3) is 4.65. The molecular weight excluding hydrogens is 228 g/mol. The van der Waals surface area contributed by atoms with Gasteiger partial charge in [-0.3, -0.25) is 4.79 Å². The van der Waals surface area contributed by atoms with Gasteiger partial charge in [0.15, 0.2) is 6.61 Å². The fourth-order valence-corrected chi connectivity index (χ4v) is 1.50. The third-order valence-corrected chi connectivity index (χ3v) is 3.14. The lowest BCUT2D eigenvalue weighted by Crippen LogP contribution is -2.39. The molecule has 0 saturated heterocycles. The van der Waals surface area contributed by atoms with E-state index in [9.17, 15) is 4.79 Å². The Morgan fingerprint density at radius 3 is 2.50 bits per heavy atom. The minimum atomic E-state index is -0.0976. The molecule has 0 aliphatic rings. The van der Waals surface area contributed by atoms with Gasteiger partial charge in [0.05, 0.1) is 0 Å². The van der Waals surface area contributed by atoms with Crippen molar-refractivity contribution in [2.75, 3.05) is 12.3 Å². The number of carbonyl (C=O) groups is 1. The van der Waals surface area contributed by atoms with Gasteiger partial charge in [-0.1, -0.05) is 20.3 Å². The van der Waals surface area contributed by atoms with Crippen LogP contribution < -0.4 is 15.8 Å². The molecule has 0 aromatic heterocycles. The average molecular weight is 250 g/mol. The Balaban J connectivity index is 2.35. The number of hydrogen-bond acceptors (Lipinski definition) is 3. The summed E-state index contributed by atoms with van der Waals surface area (Å²) in [7, 11) is 0. The van der Waals surface area contributed by atoms with Crippen molar-refractivity contribution in [1.82, 2.24) is 5.32 Å². The van der Waals surface area contributed by atoms with E-state index in [0.717, 1.165) is 6.42 Å². The van der Waals surface area contributed by atoms with Crippen LogP contribution in [0.3, 0.4) is 0 Å². The second-order valence-electron chi connectivity index (χ2n) is 4.60. The van der Waals surface area contributed by atoms with Crippen LogP contribution in [0, 0.1) is 5.92 Å². The zero-order chi connectivity index (χ0) is 13.5. The molecule has 0 radical (unpaired) electrons. The number of carbonyl (C=O) groups excluding carboxylic acids is 1. The maximum Gasteiger partial charge on any atom is 0.258 e. The quantitative estimate of drug-likeness (QED) is 0.761. The Kier molecular flexibility index (Phi) is 5.49. The molecule has 1 amide bonds. The molecule has 0 aliphatic carbocycles. The molecule has 4 heteroatoms. The molecule has 0 heterocycles. The van der Waals surface area contributed by atoms with Crippen molar-refractivity contribution in [1.29, 1.82) is 0 Å². The highest BCUT2D eigenvalue weighted by molar-refractivity contribution is 5.77. The summed E-state index contributed by atoms with van der Waals surface area (Å²) in [6.07, 6.45) is 1.04. The predicted molar refractivity (Wildman–Crippen MR) is 73.4 cm³/mol. The van der Waals surface area contributed by atoms with Crippen LogP contribution in [0.15, 0.2) is 24.3 Å². The standard InChI is InChI=1S/C14H22N2O2/c1-4-10(2)11(3)16-14(17)9-18-13-7-5-12(15)6-8-13/h5-8,10-11H,4,9,15H2,1-3H3,(H,16,17). The van der Waals surface area contributed by atoms with E-state index in [1.165, 1.54) is 0 Å². The summed E-state index contributed by atoms with van der Waals surface area (Å²) in [6.45, 7) is 6.27. The van der Waals surface area contributed by atoms with Crippen LogP contribution in [-0.2, 0) is 4.79 Å². The Bertz CT molecular complexity index is 376. The van der Waals surface area contributed by atoms with Crippen LogP contribution in [0.1, 0.15) is 27.2 Å².